The van der Waals surface area contributed by atoms with Gasteiger partial charge in [-0.3, -0.25) is 0 Å². The maximum absolute atomic E-state index is 2.33. The van der Waals surface area contributed by atoms with Gasteiger partial charge in [0.25, 0.3) is 0 Å². The van der Waals surface area contributed by atoms with Gasteiger partial charge in [-0.25, -0.2) is 0 Å². The van der Waals surface area contributed by atoms with Crippen LogP contribution in [-0.2, 0) is 0 Å². The van der Waals surface area contributed by atoms with Crippen LogP contribution >= 0.6 is 24.0 Å². The van der Waals surface area contributed by atoms with Gasteiger partial charge in [0.2, 0.25) is 0 Å². The van der Waals surface area contributed by atoms with E-state index in [1.54, 1.807) is 0 Å². The van der Waals surface area contributed by atoms with Crippen LogP contribution in [0.3, 0.4) is 0 Å². The number of halogens is 2. The molecule has 0 unspecified atom stereocenters. The molecule has 0 heterocycles. The highest BCUT2D eigenvalue weighted by Crippen LogP contribution is 2.16. The predicted octanol–water partition coefficient (Wildman–Crippen LogP) is 2.63. The molecule has 0 bridgehead atoms. The summed E-state index contributed by atoms with van der Waals surface area (Å²) in [7, 11) is 0. The average molecular weight is 406 g/mol. The Kier molecular flexibility index (Phi) is 22.4. The normalized spacial score (nSPS) is 10.7. The third-order valence-corrected chi connectivity index (χ3v) is 3.94. The van der Waals surface area contributed by atoms with Gasteiger partial charge in [-0.15, -0.1) is 24.0 Å². The van der Waals surface area contributed by atoms with Crippen LogP contribution in [0.25, 0.3) is 0 Å². The van der Waals surface area contributed by atoms with Crippen LogP contribution in [-0.4, -0.2) is 30.7 Å². The van der Waals surface area contributed by atoms with Crippen molar-refractivity contribution in [1.29, 1.82) is 0 Å². The standard InChI is InChI=1S/C16H36N.ClH.HI/c1-5-9-13-17(14-10-6-2,15-11-7-3)16-12-8-4;;/h5-16H2,1-4H3;2*1H/q+1;;/p-1. The maximum Gasteiger partial charge on any atom is 0.0786 e. The molecule has 0 saturated heterocycles. The summed E-state index contributed by atoms with van der Waals surface area (Å²) in [5, 5.41) is 0. The number of quaternary nitrogens is 1. The Balaban J connectivity index is -0.00000128. The van der Waals surface area contributed by atoms with Gasteiger partial charge < -0.3 is 16.9 Å². The lowest BCUT2D eigenvalue weighted by atomic mass is 10.1. The number of hydrogen-bond donors (Lipinski definition) is 0. The van der Waals surface area contributed by atoms with Crippen LogP contribution in [0.2, 0.25) is 0 Å². The predicted molar refractivity (Wildman–Crippen MR) is 94.8 cm³/mol. The van der Waals surface area contributed by atoms with E-state index in [0.717, 1.165) is 0 Å². The van der Waals surface area contributed by atoms with Crippen LogP contribution in [0.5, 0.6) is 0 Å². The Bertz CT molecular complexity index is 127. The molecular formula is C16H37ClIN. The summed E-state index contributed by atoms with van der Waals surface area (Å²) in [6.07, 6.45) is 11.1. The highest BCUT2D eigenvalue weighted by Gasteiger charge is 2.24. The molecule has 0 saturated carbocycles. The van der Waals surface area contributed by atoms with Crippen molar-refractivity contribution in [2.24, 2.45) is 0 Å². The summed E-state index contributed by atoms with van der Waals surface area (Å²) in [6.45, 7) is 15.0. The van der Waals surface area contributed by atoms with E-state index in [0.29, 0.717) is 0 Å². The fraction of sp³-hybridized carbons (Fsp3) is 1.00. The Morgan fingerprint density at radius 2 is 0.737 bits per heavy atom. The number of unbranched alkanes of at least 4 members (excludes halogenated alkanes) is 4. The van der Waals surface area contributed by atoms with E-state index >= 15 is 0 Å². The average Bonchev–Trinajstić information content (AvgIpc) is 2.37. The first-order valence-electron chi connectivity index (χ1n) is 8.09. The second kappa shape index (κ2) is 17.0. The Labute approximate surface area is 145 Å². The van der Waals surface area contributed by atoms with Crippen LogP contribution in [0.1, 0.15) is 79.1 Å². The molecule has 0 radical (unpaired) electrons. The molecule has 0 aromatic heterocycles. The summed E-state index contributed by atoms with van der Waals surface area (Å²) in [5.41, 5.74) is 0. The van der Waals surface area contributed by atoms with Gasteiger partial charge in [-0.2, -0.15) is 0 Å². The Morgan fingerprint density at radius 1 is 0.526 bits per heavy atom. The second-order valence-electron chi connectivity index (χ2n) is 5.65. The molecule has 0 spiro atoms. The van der Waals surface area contributed by atoms with E-state index in [2.05, 4.69) is 27.7 Å². The zero-order valence-electron chi connectivity index (χ0n) is 13.7. The first-order chi connectivity index (χ1) is 8.24. The Hall–Kier alpha value is 0.980. The molecule has 19 heavy (non-hydrogen) atoms. The van der Waals surface area contributed by atoms with E-state index in [9.17, 15) is 0 Å². The molecule has 1 nitrogen and oxygen atoms in total. The zero-order valence-corrected chi connectivity index (χ0v) is 16.8. The molecule has 0 aliphatic heterocycles. The van der Waals surface area contributed by atoms with Crippen molar-refractivity contribution in [2.75, 3.05) is 26.2 Å². The van der Waals surface area contributed by atoms with Crippen LogP contribution in [0.15, 0.2) is 0 Å². The molecule has 0 aromatic carbocycles. The summed E-state index contributed by atoms with van der Waals surface area (Å²) in [5.74, 6) is 0. The van der Waals surface area contributed by atoms with Gasteiger partial charge >= 0.3 is 0 Å². The fourth-order valence-corrected chi connectivity index (χ4v) is 2.64. The monoisotopic (exact) mass is 405 g/mol. The van der Waals surface area contributed by atoms with E-state index in [-0.39, 0.29) is 36.4 Å². The number of rotatable bonds is 12. The number of nitrogens with zero attached hydrogens (tertiary/aromatic N) is 1. The van der Waals surface area contributed by atoms with Gasteiger partial charge in [0.15, 0.2) is 0 Å². The summed E-state index contributed by atoms with van der Waals surface area (Å²) >= 11 is 0. The minimum absolute atomic E-state index is 0. The summed E-state index contributed by atoms with van der Waals surface area (Å²) in [6, 6.07) is 0. The number of hydrogen-bond acceptors (Lipinski definition) is 0. The minimum Gasteiger partial charge on any atom is -1.00 e. The molecular weight excluding hydrogens is 369 g/mol. The lowest BCUT2D eigenvalue weighted by molar-refractivity contribution is -0.929. The van der Waals surface area contributed by atoms with Crippen molar-refractivity contribution in [1.82, 2.24) is 0 Å². The molecule has 0 aliphatic carbocycles. The van der Waals surface area contributed by atoms with Gasteiger partial charge in [0.1, 0.15) is 0 Å². The second-order valence-corrected chi connectivity index (χ2v) is 5.65. The molecule has 0 fully saturated rings. The van der Waals surface area contributed by atoms with Crippen molar-refractivity contribution in [3.05, 3.63) is 0 Å². The van der Waals surface area contributed by atoms with Crippen LogP contribution in [0.4, 0.5) is 0 Å². The van der Waals surface area contributed by atoms with Crippen molar-refractivity contribution in [3.63, 3.8) is 0 Å². The molecule has 0 aliphatic rings. The topological polar surface area (TPSA) is 0 Å². The van der Waals surface area contributed by atoms with E-state index in [4.69, 9.17) is 0 Å². The minimum atomic E-state index is 0. The largest absolute Gasteiger partial charge is 1.00 e. The molecule has 0 aromatic rings. The van der Waals surface area contributed by atoms with Gasteiger partial charge in [0.05, 0.1) is 26.2 Å². The first kappa shape index (κ1) is 25.0. The highest BCUT2D eigenvalue weighted by molar-refractivity contribution is 14.0. The molecule has 0 N–H and O–H groups in total. The molecule has 0 atom stereocenters. The Morgan fingerprint density at radius 3 is 0.895 bits per heavy atom. The lowest BCUT2D eigenvalue weighted by Crippen LogP contribution is -3.00. The molecule has 120 valence electrons. The van der Waals surface area contributed by atoms with Crippen molar-refractivity contribution < 1.29 is 16.9 Å². The van der Waals surface area contributed by atoms with E-state index in [1.807, 2.05) is 0 Å². The van der Waals surface area contributed by atoms with Crippen LogP contribution < -0.4 is 12.4 Å². The molecule has 3 heteroatoms. The van der Waals surface area contributed by atoms with Gasteiger partial charge in [-0.05, 0) is 25.7 Å². The van der Waals surface area contributed by atoms with Crippen LogP contribution in [0, 0.1) is 0 Å². The molecule has 0 amide bonds. The van der Waals surface area contributed by atoms with Gasteiger partial charge in [0, 0.05) is 0 Å². The first-order valence-corrected chi connectivity index (χ1v) is 8.09. The van der Waals surface area contributed by atoms with E-state index in [1.165, 1.54) is 82.0 Å². The highest BCUT2D eigenvalue weighted by atomic mass is 127. The van der Waals surface area contributed by atoms with Gasteiger partial charge in [-0.1, -0.05) is 53.4 Å². The summed E-state index contributed by atoms with van der Waals surface area (Å²) in [4.78, 5) is 0. The summed E-state index contributed by atoms with van der Waals surface area (Å²) < 4.78 is 1.42. The smallest absolute Gasteiger partial charge is 0.0786 e. The third-order valence-electron chi connectivity index (χ3n) is 3.94. The fourth-order valence-electron chi connectivity index (χ4n) is 2.64. The quantitative estimate of drug-likeness (QED) is 0.346. The third kappa shape index (κ3) is 12.4. The van der Waals surface area contributed by atoms with Crippen molar-refractivity contribution in [2.45, 2.75) is 79.1 Å². The zero-order chi connectivity index (χ0) is 13.0. The lowest BCUT2D eigenvalue weighted by Gasteiger charge is -2.39. The van der Waals surface area contributed by atoms with Crippen molar-refractivity contribution >= 4 is 24.0 Å². The SMILES string of the molecule is CCCC[N+](CCCC)(CCCC)CCCC.I.[Cl-]. The molecule has 0 rings (SSSR count). The maximum atomic E-state index is 2.33. The van der Waals surface area contributed by atoms with E-state index < -0.39 is 0 Å². The van der Waals surface area contributed by atoms with Crippen molar-refractivity contribution in [3.8, 4) is 0 Å².